The molecule has 0 aromatic carbocycles. The number of carbonyl (C=O) groups excluding carboxylic acids is 1. The van der Waals surface area contributed by atoms with Gasteiger partial charge < -0.3 is 9.64 Å². The Bertz CT molecular complexity index is 474. The van der Waals surface area contributed by atoms with Crippen molar-refractivity contribution in [2.75, 3.05) is 39.4 Å². The van der Waals surface area contributed by atoms with E-state index in [4.69, 9.17) is 4.74 Å². The maximum Gasteiger partial charge on any atom is 0.223 e. The van der Waals surface area contributed by atoms with Gasteiger partial charge in [0.2, 0.25) is 5.91 Å². The van der Waals surface area contributed by atoms with Crippen LogP contribution in [0.2, 0.25) is 0 Å². The highest BCUT2D eigenvalue weighted by molar-refractivity contribution is 5.77. The molecule has 0 radical (unpaired) electrons. The predicted octanol–water partition coefficient (Wildman–Crippen LogP) is 1.34. The predicted molar refractivity (Wildman–Crippen MR) is 84.6 cm³/mol. The van der Waals surface area contributed by atoms with Crippen LogP contribution < -0.4 is 0 Å². The van der Waals surface area contributed by atoms with Gasteiger partial charge in [0.1, 0.15) is 0 Å². The third-order valence-corrected chi connectivity index (χ3v) is 4.62. The van der Waals surface area contributed by atoms with Crippen LogP contribution in [-0.2, 0) is 16.0 Å². The lowest BCUT2D eigenvalue weighted by Crippen LogP contribution is -2.46. The van der Waals surface area contributed by atoms with E-state index in [0.29, 0.717) is 18.4 Å². The Morgan fingerprint density at radius 1 is 1.32 bits per heavy atom. The van der Waals surface area contributed by atoms with Gasteiger partial charge in [-0.3, -0.25) is 14.7 Å². The summed E-state index contributed by atoms with van der Waals surface area (Å²) >= 11 is 0. The van der Waals surface area contributed by atoms with Crippen LogP contribution in [-0.4, -0.2) is 66.1 Å². The molecule has 2 fully saturated rings. The Morgan fingerprint density at radius 3 is 2.95 bits per heavy atom. The van der Waals surface area contributed by atoms with Crippen molar-refractivity contribution >= 4 is 5.91 Å². The molecule has 0 saturated carbocycles. The highest BCUT2D eigenvalue weighted by atomic mass is 16.5. The molecule has 1 amide bonds. The molecule has 120 valence electrons. The minimum Gasteiger partial charge on any atom is -0.379 e. The number of rotatable bonds is 5. The smallest absolute Gasteiger partial charge is 0.223 e. The van der Waals surface area contributed by atoms with E-state index in [-0.39, 0.29) is 0 Å². The summed E-state index contributed by atoms with van der Waals surface area (Å²) in [6.45, 7) is 5.55. The molecule has 2 aliphatic rings. The zero-order valence-corrected chi connectivity index (χ0v) is 13.1. The first-order chi connectivity index (χ1) is 10.8. The Balaban J connectivity index is 1.49. The molecule has 2 aliphatic heterocycles. The molecule has 3 rings (SSSR count). The molecule has 0 unspecified atom stereocenters. The number of morpholine rings is 1. The summed E-state index contributed by atoms with van der Waals surface area (Å²) < 4.78 is 5.40. The fourth-order valence-corrected chi connectivity index (χ4v) is 3.38. The Labute approximate surface area is 132 Å². The van der Waals surface area contributed by atoms with Crippen molar-refractivity contribution in [2.24, 2.45) is 0 Å². The summed E-state index contributed by atoms with van der Waals surface area (Å²) in [7, 11) is 0. The Hall–Kier alpha value is -1.46. The largest absolute Gasteiger partial charge is 0.379 e. The first kappa shape index (κ1) is 15.4. The fourth-order valence-electron chi connectivity index (χ4n) is 3.38. The number of nitrogens with zero attached hydrogens (tertiary/aromatic N) is 3. The number of hydrogen-bond donors (Lipinski definition) is 0. The van der Waals surface area contributed by atoms with Crippen LogP contribution in [0.1, 0.15) is 24.8 Å². The number of carbonyl (C=O) groups is 1. The van der Waals surface area contributed by atoms with Crippen LogP contribution in [0.5, 0.6) is 0 Å². The van der Waals surface area contributed by atoms with Gasteiger partial charge in [-0.05, 0) is 30.9 Å². The van der Waals surface area contributed by atoms with Gasteiger partial charge in [-0.15, -0.1) is 0 Å². The van der Waals surface area contributed by atoms with Crippen LogP contribution >= 0.6 is 0 Å². The van der Waals surface area contributed by atoms with Gasteiger partial charge in [-0.1, -0.05) is 6.07 Å². The van der Waals surface area contributed by atoms with Crippen molar-refractivity contribution in [3.05, 3.63) is 30.1 Å². The second-order valence-electron chi connectivity index (χ2n) is 6.16. The van der Waals surface area contributed by atoms with E-state index in [1.807, 2.05) is 18.3 Å². The highest BCUT2D eigenvalue weighted by Crippen LogP contribution is 2.20. The summed E-state index contributed by atoms with van der Waals surface area (Å²) in [5.74, 6) is 0.291. The monoisotopic (exact) mass is 303 g/mol. The standard InChI is InChI=1S/C17H25N3O2/c21-17(6-5-15-3-1-7-18-13-15)20-8-2-4-16(20)14-19-9-11-22-12-10-19/h1,3,7,13,16H,2,4-6,8-12,14H2/t16-/m0/s1. The van der Waals surface area contributed by atoms with E-state index in [1.165, 1.54) is 0 Å². The average Bonchev–Trinajstić information content (AvgIpc) is 3.03. The minimum atomic E-state index is 0.291. The average molecular weight is 303 g/mol. The van der Waals surface area contributed by atoms with Crippen molar-refractivity contribution < 1.29 is 9.53 Å². The van der Waals surface area contributed by atoms with E-state index in [9.17, 15) is 4.79 Å². The van der Waals surface area contributed by atoms with Gasteiger partial charge in [0.15, 0.2) is 0 Å². The topological polar surface area (TPSA) is 45.7 Å². The Morgan fingerprint density at radius 2 is 2.18 bits per heavy atom. The number of pyridine rings is 1. The zero-order valence-electron chi connectivity index (χ0n) is 13.1. The molecule has 0 spiro atoms. The first-order valence-corrected chi connectivity index (χ1v) is 8.31. The van der Waals surface area contributed by atoms with E-state index < -0.39 is 0 Å². The zero-order chi connectivity index (χ0) is 15.2. The van der Waals surface area contributed by atoms with Gasteiger partial charge in [-0.25, -0.2) is 0 Å². The molecular formula is C17H25N3O2. The van der Waals surface area contributed by atoms with Crippen LogP contribution in [0.25, 0.3) is 0 Å². The van der Waals surface area contributed by atoms with E-state index >= 15 is 0 Å². The van der Waals surface area contributed by atoms with Crippen LogP contribution in [0, 0.1) is 0 Å². The number of hydrogen-bond acceptors (Lipinski definition) is 4. The first-order valence-electron chi connectivity index (χ1n) is 8.31. The third-order valence-electron chi connectivity index (χ3n) is 4.62. The number of aromatic nitrogens is 1. The molecule has 0 aliphatic carbocycles. The van der Waals surface area contributed by atoms with Gasteiger partial charge in [0.25, 0.3) is 0 Å². The van der Waals surface area contributed by atoms with Crippen LogP contribution in [0.4, 0.5) is 0 Å². The van der Waals surface area contributed by atoms with E-state index in [0.717, 1.165) is 64.2 Å². The summed E-state index contributed by atoms with van der Waals surface area (Å²) in [5, 5.41) is 0. The quantitative estimate of drug-likeness (QED) is 0.823. The molecule has 1 aromatic heterocycles. The second-order valence-corrected chi connectivity index (χ2v) is 6.16. The maximum atomic E-state index is 12.5. The van der Waals surface area contributed by atoms with Gasteiger partial charge in [0, 0.05) is 51.0 Å². The molecule has 0 N–H and O–H groups in total. The summed E-state index contributed by atoms with van der Waals surface area (Å²) in [6.07, 6.45) is 7.26. The fraction of sp³-hybridized carbons (Fsp3) is 0.647. The van der Waals surface area contributed by atoms with Crippen molar-refractivity contribution in [1.29, 1.82) is 0 Å². The normalized spacial score (nSPS) is 22.9. The van der Waals surface area contributed by atoms with Crippen molar-refractivity contribution in [2.45, 2.75) is 31.7 Å². The third kappa shape index (κ3) is 4.05. The lowest BCUT2D eigenvalue weighted by Gasteiger charge is -2.33. The molecule has 1 aromatic rings. The number of likely N-dealkylation sites (tertiary alicyclic amines) is 1. The van der Waals surface area contributed by atoms with E-state index in [2.05, 4.69) is 14.8 Å². The maximum absolute atomic E-state index is 12.5. The van der Waals surface area contributed by atoms with Gasteiger partial charge in [-0.2, -0.15) is 0 Å². The molecule has 22 heavy (non-hydrogen) atoms. The lowest BCUT2D eigenvalue weighted by molar-refractivity contribution is -0.132. The number of amides is 1. The van der Waals surface area contributed by atoms with E-state index in [1.54, 1.807) is 6.20 Å². The molecule has 5 nitrogen and oxygen atoms in total. The SMILES string of the molecule is O=C(CCc1cccnc1)N1CCC[C@H]1CN1CCOCC1. The molecular weight excluding hydrogens is 278 g/mol. The molecule has 5 heteroatoms. The Kier molecular flexibility index (Phi) is 5.40. The summed E-state index contributed by atoms with van der Waals surface area (Å²) in [6, 6.07) is 4.35. The van der Waals surface area contributed by atoms with Crippen molar-refractivity contribution in [3.8, 4) is 0 Å². The minimum absolute atomic E-state index is 0.291. The van der Waals surface area contributed by atoms with Crippen LogP contribution in [0.15, 0.2) is 24.5 Å². The summed E-state index contributed by atoms with van der Waals surface area (Å²) in [4.78, 5) is 21.2. The molecule has 0 bridgehead atoms. The second kappa shape index (κ2) is 7.70. The van der Waals surface area contributed by atoms with Gasteiger partial charge >= 0.3 is 0 Å². The molecule has 2 saturated heterocycles. The number of ether oxygens (including phenoxy) is 1. The van der Waals surface area contributed by atoms with Crippen molar-refractivity contribution in [1.82, 2.24) is 14.8 Å². The highest BCUT2D eigenvalue weighted by Gasteiger charge is 2.30. The van der Waals surface area contributed by atoms with Crippen LogP contribution in [0.3, 0.4) is 0 Å². The number of aryl methyl sites for hydroxylation is 1. The summed E-state index contributed by atoms with van der Waals surface area (Å²) in [5.41, 5.74) is 1.14. The lowest BCUT2D eigenvalue weighted by atomic mass is 10.1. The molecule has 3 heterocycles. The molecule has 1 atom stereocenters. The van der Waals surface area contributed by atoms with Gasteiger partial charge in [0.05, 0.1) is 13.2 Å². The van der Waals surface area contributed by atoms with Crippen molar-refractivity contribution in [3.63, 3.8) is 0 Å².